The molecule has 0 spiro atoms. The molecule has 4 atom stereocenters. The summed E-state index contributed by atoms with van der Waals surface area (Å²) in [6.45, 7) is 0. The Bertz CT molecular complexity index is 295. The van der Waals surface area contributed by atoms with Gasteiger partial charge in [0.25, 0.3) is 0 Å². The van der Waals surface area contributed by atoms with Crippen LogP contribution in [0.15, 0.2) is 0 Å². The van der Waals surface area contributed by atoms with Crippen LogP contribution < -0.4 is 11.1 Å². The van der Waals surface area contributed by atoms with Crippen molar-refractivity contribution >= 4 is 5.91 Å². The summed E-state index contributed by atoms with van der Waals surface area (Å²) in [7, 11) is 0. The third-order valence-electron chi connectivity index (χ3n) is 5.01. The van der Waals surface area contributed by atoms with Crippen molar-refractivity contribution in [3.05, 3.63) is 0 Å². The van der Waals surface area contributed by atoms with Gasteiger partial charge in [0.05, 0.1) is 0 Å². The highest BCUT2D eigenvalue weighted by atomic mass is 16.2. The van der Waals surface area contributed by atoms with Gasteiger partial charge in [0.15, 0.2) is 0 Å². The number of rotatable bonds is 2. The van der Waals surface area contributed by atoms with E-state index in [-0.39, 0.29) is 12.1 Å². The lowest BCUT2D eigenvalue weighted by atomic mass is 9.99. The largest absolute Gasteiger partial charge is 0.352 e. The monoisotopic (exact) mass is 236 g/mol. The van der Waals surface area contributed by atoms with Crippen molar-refractivity contribution in [1.82, 2.24) is 5.32 Å². The van der Waals surface area contributed by atoms with Gasteiger partial charge in [-0.25, -0.2) is 0 Å². The highest BCUT2D eigenvalue weighted by Crippen LogP contribution is 2.54. The topological polar surface area (TPSA) is 55.1 Å². The second-order valence-corrected chi connectivity index (χ2v) is 6.34. The second-order valence-electron chi connectivity index (χ2n) is 6.34. The maximum Gasteiger partial charge on any atom is 0.223 e. The summed E-state index contributed by atoms with van der Waals surface area (Å²) in [5.74, 6) is 2.36. The molecule has 0 aromatic rings. The standard InChI is InChI=1S/C14H24N2O/c15-12-4-2-1-3-5-13(12)16-14(17)11-7-9-6-10(9)8-11/h9-13H,1-8,15H2,(H,16,17). The number of carbonyl (C=O) groups is 1. The highest BCUT2D eigenvalue weighted by Gasteiger charge is 2.48. The molecule has 3 fully saturated rings. The van der Waals surface area contributed by atoms with Crippen LogP contribution in [0.2, 0.25) is 0 Å². The molecule has 0 heterocycles. The van der Waals surface area contributed by atoms with Crippen molar-refractivity contribution in [1.29, 1.82) is 0 Å². The van der Waals surface area contributed by atoms with Crippen molar-refractivity contribution < 1.29 is 4.79 Å². The Morgan fingerprint density at radius 3 is 2.47 bits per heavy atom. The minimum Gasteiger partial charge on any atom is -0.352 e. The lowest BCUT2D eigenvalue weighted by Crippen LogP contribution is -2.48. The molecule has 3 rings (SSSR count). The zero-order chi connectivity index (χ0) is 11.8. The second kappa shape index (κ2) is 4.60. The normalized spacial score (nSPS) is 44.9. The molecule has 3 aliphatic carbocycles. The summed E-state index contributed by atoms with van der Waals surface area (Å²) < 4.78 is 0. The van der Waals surface area contributed by atoms with Gasteiger partial charge in [-0.1, -0.05) is 19.3 Å². The van der Waals surface area contributed by atoms with E-state index in [2.05, 4.69) is 5.32 Å². The van der Waals surface area contributed by atoms with E-state index in [1.54, 1.807) is 0 Å². The summed E-state index contributed by atoms with van der Waals surface area (Å²) >= 11 is 0. The number of hydrogen-bond acceptors (Lipinski definition) is 2. The first kappa shape index (κ1) is 11.5. The van der Waals surface area contributed by atoms with Crippen molar-refractivity contribution in [2.45, 2.75) is 63.5 Å². The first-order valence-corrected chi connectivity index (χ1v) is 7.30. The fourth-order valence-electron chi connectivity index (χ4n) is 3.74. The van der Waals surface area contributed by atoms with Gasteiger partial charge >= 0.3 is 0 Å². The van der Waals surface area contributed by atoms with Crippen LogP contribution in [-0.2, 0) is 4.79 Å². The van der Waals surface area contributed by atoms with Gasteiger partial charge < -0.3 is 11.1 Å². The Balaban J connectivity index is 1.52. The first-order valence-electron chi connectivity index (χ1n) is 7.30. The highest BCUT2D eigenvalue weighted by molar-refractivity contribution is 5.79. The fourth-order valence-corrected chi connectivity index (χ4v) is 3.74. The number of nitrogens with two attached hydrogens (primary N) is 1. The van der Waals surface area contributed by atoms with E-state index < -0.39 is 0 Å². The van der Waals surface area contributed by atoms with E-state index in [1.165, 1.54) is 25.7 Å². The van der Waals surface area contributed by atoms with Gasteiger partial charge in [-0.3, -0.25) is 4.79 Å². The van der Waals surface area contributed by atoms with Gasteiger partial charge in [-0.15, -0.1) is 0 Å². The lowest BCUT2D eigenvalue weighted by Gasteiger charge is -2.24. The molecule has 96 valence electrons. The summed E-state index contributed by atoms with van der Waals surface area (Å²) in [5.41, 5.74) is 6.15. The van der Waals surface area contributed by atoms with Crippen LogP contribution in [0.3, 0.4) is 0 Å². The molecule has 3 heteroatoms. The predicted molar refractivity (Wildman–Crippen MR) is 67.3 cm³/mol. The zero-order valence-electron chi connectivity index (χ0n) is 10.5. The minimum absolute atomic E-state index is 0.178. The third kappa shape index (κ3) is 2.49. The van der Waals surface area contributed by atoms with E-state index in [9.17, 15) is 4.79 Å². The van der Waals surface area contributed by atoms with E-state index in [1.807, 2.05) is 0 Å². The molecule has 0 radical (unpaired) electrons. The van der Waals surface area contributed by atoms with E-state index in [0.29, 0.717) is 11.8 Å². The van der Waals surface area contributed by atoms with Crippen LogP contribution in [0.25, 0.3) is 0 Å². The van der Waals surface area contributed by atoms with Crippen LogP contribution in [0.4, 0.5) is 0 Å². The number of nitrogens with one attached hydrogen (secondary N) is 1. The Hall–Kier alpha value is -0.570. The van der Waals surface area contributed by atoms with Crippen molar-refractivity contribution in [3.63, 3.8) is 0 Å². The number of fused-ring (bicyclic) bond motifs is 1. The summed E-state index contributed by atoms with van der Waals surface area (Å²) in [5, 5.41) is 3.23. The molecule has 0 aromatic heterocycles. The molecule has 0 aromatic carbocycles. The van der Waals surface area contributed by atoms with Gasteiger partial charge in [0.1, 0.15) is 0 Å². The molecule has 3 aliphatic rings. The van der Waals surface area contributed by atoms with Gasteiger partial charge in [0.2, 0.25) is 5.91 Å². The van der Waals surface area contributed by atoms with Crippen molar-refractivity contribution in [2.24, 2.45) is 23.5 Å². The Morgan fingerprint density at radius 1 is 1.00 bits per heavy atom. The van der Waals surface area contributed by atoms with E-state index in [4.69, 9.17) is 5.73 Å². The molecule has 3 N–H and O–H groups in total. The average Bonchev–Trinajstić information content (AvgIpc) is 2.98. The van der Waals surface area contributed by atoms with Crippen molar-refractivity contribution in [3.8, 4) is 0 Å². The first-order chi connectivity index (χ1) is 8.24. The van der Waals surface area contributed by atoms with Crippen molar-refractivity contribution in [2.75, 3.05) is 0 Å². The van der Waals surface area contributed by atoms with Crippen LogP contribution in [0.1, 0.15) is 51.4 Å². The maximum atomic E-state index is 12.2. The van der Waals surface area contributed by atoms with Gasteiger partial charge in [-0.05, 0) is 43.9 Å². The van der Waals surface area contributed by atoms with Crippen LogP contribution >= 0.6 is 0 Å². The smallest absolute Gasteiger partial charge is 0.223 e. The Kier molecular flexibility index (Phi) is 3.12. The number of hydrogen-bond donors (Lipinski definition) is 2. The van der Waals surface area contributed by atoms with Crippen LogP contribution in [0.5, 0.6) is 0 Å². The van der Waals surface area contributed by atoms with Gasteiger partial charge in [-0.2, -0.15) is 0 Å². The summed E-state index contributed by atoms with van der Waals surface area (Å²) in [4.78, 5) is 12.2. The molecule has 1 amide bonds. The minimum atomic E-state index is 0.178. The molecule has 3 nitrogen and oxygen atoms in total. The molecule has 3 saturated carbocycles. The van der Waals surface area contributed by atoms with E-state index >= 15 is 0 Å². The number of carbonyl (C=O) groups excluding carboxylic acids is 1. The predicted octanol–water partition coefficient (Wildman–Crippen LogP) is 1.81. The lowest BCUT2D eigenvalue weighted by molar-refractivity contribution is -0.126. The fraction of sp³-hybridized carbons (Fsp3) is 0.929. The molecular weight excluding hydrogens is 212 g/mol. The average molecular weight is 236 g/mol. The molecule has 17 heavy (non-hydrogen) atoms. The molecule has 0 aliphatic heterocycles. The summed E-state index contributed by atoms with van der Waals surface area (Å²) in [6.07, 6.45) is 9.51. The Labute approximate surface area is 104 Å². The molecule has 4 unspecified atom stereocenters. The summed E-state index contributed by atoms with van der Waals surface area (Å²) in [6, 6.07) is 0.416. The quantitative estimate of drug-likeness (QED) is 0.718. The molecule has 0 saturated heterocycles. The molecular formula is C14H24N2O. The third-order valence-corrected chi connectivity index (χ3v) is 5.01. The maximum absolute atomic E-state index is 12.2. The van der Waals surface area contributed by atoms with Crippen LogP contribution in [-0.4, -0.2) is 18.0 Å². The molecule has 0 bridgehead atoms. The van der Waals surface area contributed by atoms with Gasteiger partial charge in [0, 0.05) is 18.0 Å². The van der Waals surface area contributed by atoms with Crippen LogP contribution in [0, 0.1) is 17.8 Å². The SMILES string of the molecule is NC1CCCCCC1NC(=O)C1CC2CC2C1. The van der Waals surface area contributed by atoms with E-state index in [0.717, 1.165) is 37.5 Å². The Morgan fingerprint density at radius 2 is 1.71 bits per heavy atom. The zero-order valence-corrected chi connectivity index (χ0v) is 10.5. The number of amides is 1.